The van der Waals surface area contributed by atoms with Crippen LogP contribution in [0.25, 0.3) is 0 Å². The van der Waals surface area contributed by atoms with E-state index in [1.165, 1.54) is 18.4 Å². The molecule has 2 fully saturated rings. The Hall–Kier alpha value is -1.06. The highest BCUT2D eigenvalue weighted by Crippen LogP contribution is 2.30. The van der Waals surface area contributed by atoms with Crippen molar-refractivity contribution < 1.29 is 4.74 Å². The Kier molecular flexibility index (Phi) is 4.04. The van der Waals surface area contributed by atoms with E-state index in [1.54, 1.807) is 0 Å². The average molecular weight is 260 g/mol. The number of para-hydroxylation sites is 1. The zero-order valence-electron chi connectivity index (χ0n) is 11.8. The topological polar surface area (TPSA) is 24.5 Å². The van der Waals surface area contributed by atoms with Crippen molar-refractivity contribution in [3.05, 3.63) is 29.8 Å². The predicted molar refractivity (Wildman–Crippen MR) is 77.4 cm³/mol. The summed E-state index contributed by atoms with van der Waals surface area (Å²) in [4.78, 5) is 2.51. The van der Waals surface area contributed by atoms with Crippen molar-refractivity contribution in [3.8, 4) is 5.75 Å². The normalized spacial score (nSPS) is 24.4. The van der Waals surface area contributed by atoms with Crippen LogP contribution >= 0.6 is 0 Å². The number of hydrogen-bond acceptors (Lipinski definition) is 3. The molecular formula is C16H24N2O. The van der Waals surface area contributed by atoms with Crippen molar-refractivity contribution in [1.29, 1.82) is 0 Å². The molecule has 1 heterocycles. The molecule has 1 unspecified atom stereocenters. The molecule has 19 heavy (non-hydrogen) atoms. The maximum Gasteiger partial charge on any atom is 0.123 e. The number of nitrogens with one attached hydrogen (secondary N) is 1. The highest BCUT2D eigenvalue weighted by molar-refractivity contribution is 5.33. The van der Waals surface area contributed by atoms with Crippen LogP contribution in [0.15, 0.2) is 24.3 Å². The monoisotopic (exact) mass is 260 g/mol. The fourth-order valence-electron chi connectivity index (χ4n) is 2.66. The first-order valence-electron chi connectivity index (χ1n) is 7.47. The van der Waals surface area contributed by atoms with Crippen LogP contribution in [0.3, 0.4) is 0 Å². The van der Waals surface area contributed by atoms with Crippen molar-refractivity contribution >= 4 is 0 Å². The van der Waals surface area contributed by atoms with Gasteiger partial charge < -0.3 is 10.1 Å². The Morgan fingerprint density at radius 2 is 2.16 bits per heavy atom. The average Bonchev–Trinajstić information content (AvgIpc) is 3.22. The summed E-state index contributed by atoms with van der Waals surface area (Å²) in [5.41, 5.74) is 1.33. The molecule has 0 aromatic heterocycles. The molecule has 0 bridgehead atoms. The molecule has 1 aromatic rings. The molecule has 2 aliphatic rings. The lowest BCUT2D eigenvalue weighted by molar-refractivity contribution is 0.195. The fourth-order valence-corrected chi connectivity index (χ4v) is 2.66. The minimum absolute atomic E-state index is 0.591. The second kappa shape index (κ2) is 5.93. The molecule has 3 heteroatoms. The van der Waals surface area contributed by atoms with Gasteiger partial charge in [-0.15, -0.1) is 0 Å². The molecule has 1 aliphatic carbocycles. The lowest BCUT2D eigenvalue weighted by atomic mass is 10.1. The van der Waals surface area contributed by atoms with Crippen molar-refractivity contribution in [1.82, 2.24) is 10.2 Å². The molecule has 3 rings (SSSR count). The Morgan fingerprint density at radius 1 is 1.32 bits per heavy atom. The van der Waals surface area contributed by atoms with Crippen molar-refractivity contribution in [2.75, 3.05) is 26.2 Å². The molecule has 1 aromatic carbocycles. The van der Waals surface area contributed by atoms with E-state index < -0.39 is 0 Å². The van der Waals surface area contributed by atoms with E-state index in [2.05, 4.69) is 41.4 Å². The first-order chi connectivity index (χ1) is 9.31. The molecular weight excluding hydrogens is 236 g/mol. The van der Waals surface area contributed by atoms with E-state index in [-0.39, 0.29) is 0 Å². The minimum Gasteiger partial charge on any atom is -0.493 e. The van der Waals surface area contributed by atoms with Gasteiger partial charge in [-0.2, -0.15) is 0 Å². The molecule has 1 atom stereocenters. The molecule has 104 valence electrons. The van der Waals surface area contributed by atoms with Crippen molar-refractivity contribution in [3.63, 3.8) is 0 Å². The molecule has 1 saturated heterocycles. The molecule has 3 nitrogen and oxygen atoms in total. The van der Waals surface area contributed by atoms with E-state index in [1.807, 2.05) is 0 Å². The van der Waals surface area contributed by atoms with Gasteiger partial charge in [-0.05, 0) is 31.7 Å². The maximum atomic E-state index is 5.99. The van der Waals surface area contributed by atoms with Gasteiger partial charge in [0, 0.05) is 37.8 Å². The summed E-state index contributed by atoms with van der Waals surface area (Å²) in [6, 6.07) is 9.10. The minimum atomic E-state index is 0.591. The quantitative estimate of drug-likeness (QED) is 0.879. The molecule has 0 amide bonds. The van der Waals surface area contributed by atoms with E-state index >= 15 is 0 Å². The van der Waals surface area contributed by atoms with Crippen LogP contribution in [-0.4, -0.2) is 37.2 Å². The Balaban J connectivity index is 1.61. The van der Waals surface area contributed by atoms with E-state index in [0.29, 0.717) is 6.04 Å². The van der Waals surface area contributed by atoms with Gasteiger partial charge in [0.15, 0.2) is 0 Å². The third kappa shape index (κ3) is 3.71. The van der Waals surface area contributed by atoms with Gasteiger partial charge in [0.2, 0.25) is 0 Å². The first-order valence-corrected chi connectivity index (χ1v) is 7.47. The molecule has 1 N–H and O–H groups in total. The van der Waals surface area contributed by atoms with Gasteiger partial charge in [-0.3, -0.25) is 4.90 Å². The number of rotatable bonds is 5. The molecule has 0 radical (unpaired) electrons. The second-order valence-electron chi connectivity index (χ2n) is 5.95. The lowest BCUT2D eigenvalue weighted by Crippen LogP contribution is -2.48. The zero-order valence-corrected chi connectivity index (χ0v) is 11.8. The summed E-state index contributed by atoms with van der Waals surface area (Å²) in [6.45, 7) is 7.49. The van der Waals surface area contributed by atoms with Crippen LogP contribution in [0.1, 0.15) is 25.3 Å². The van der Waals surface area contributed by atoms with Crippen molar-refractivity contribution in [2.24, 2.45) is 5.92 Å². The first kappa shape index (κ1) is 12.9. The summed E-state index contributed by atoms with van der Waals surface area (Å²) in [6.07, 6.45) is 2.69. The Bertz CT molecular complexity index is 417. The SMILES string of the molecule is CC1CN(Cc2ccccc2OCC2CC2)CCN1. The Labute approximate surface area is 115 Å². The number of nitrogens with zero attached hydrogens (tertiary/aromatic N) is 1. The van der Waals surface area contributed by atoms with Gasteiger partial charge in [-0.1, -0.05) is 18.2 Å². The molecule has 1 saturated carbocycles. The Morgan fingerprint density at radius 3 is 2.95 bits per heavy atom. The van der Waals surface area contributed by atoms with E-state index in [4.69, 9.17) is 4.74 Å². The zero-order chi connectivity index (χ0) is 13.1. The van der Waals surface area contributed by atoms with Crippen molar-refractivity contribution in [2.45, 2.75) is 32.4 Å². The number of piperazine rings is 1. The van der Waals surface area contributed by atoms with Gasteiger partial charge >= 0.3 is 0 Å². The molecule has 1 aliphatic heterocycles. The maximum absolute atomic E-state index is 5.99. The van der Waals surface area contributed by atoms with Crippen LogP contribution in [0.4, 0.5) is 0 Å². The fraction of sp³-hybridized carbons (Fsp3) is 0.625. The van der Waals surface area contributed by atoms with E-state index in [9.17, 15) is 0 Å². The second-order valence-corrected chi connectivity index (χ2v) is 5.95. The van der Waals surface area contributed by atoms with Gasteiger partial charge in [0.1, 0.15) is 5.75 Å². The van der Waals surface area contributed by atoms with Crippen LogP contribution in [0, 0.1) is 5.92 Å². The van der Waals surface area contributed by atoms with Crippen LogP contribution < -0.4 is 10.1 Å². The highest BCUT2D eigenvalue weighted by atomic mass is 16.5. The van der Waals surface area contributed by atoms with Crippen LogP contribution in [0.5, 0.6) is 5.75 Å². The van der Waals surface area contributed by atoms with Gasteiger partial charge in [0.05, 0.1) is 6.61 Å². The largest absolute Gasteiger partial charge is 0.493 e. The lowest BCUT2D eigenvalue weighted by Gasteiger charge is -2.32. The predicted octanol–water partition coefficient (Wildman–Crippen LogP) is 2.27. The summed E-state index contributed by atoms with van der Waals surface area (Å²) in [5.74, 6) is 1.90. The number of hydrogen-bond donors (Lipinski definition) is 1. The highest BCUT2D eigenvalue weighted by Gasteiger charge is 2.22. The van der Waals surface area contributed by atoms with E-state index in [0.717, 1.165) is 44.5 Å². The summed E-state index contributed by atoms with van der Waals surface area (Å²) >= 11 is 0. The van der Waals surface area contributed by atoms with Crippen LogP contribution in [0.2, 0.25) is 0 Å². The standard InChI is InChI=1S/C16H24N2O/c1-13-10-18(9-8-17-13)11-15-4-2-3-5-16(15)19-12-14-6-7-14/h2-5,13-14,17H,6-12H2,1H3. The van der Waals surface area contributed by atoms with Gasteiger partial charge in [-0.25, -0.2) is 0 Å². The molecule has 0 spiro atoms. The smallest absolute Gasteiger partial charge is 0.123 e. The third-order valence-electron chi connectivity index (χ3n) is 3.99. The third-order valence-corrected chi connectivity index (χ3v) is 3.99. The summed E-state index contributed by atoms with van der Waals surface area (Å²) in [5, 5.41) is 3.49. The number of ether oxygens (including phenoxy) is 1. The number of benzene rings is 1. The summed E-state index contributed by atoms with van der Waals surface area (Å²) in [7, 11) is 0. The van der Waals surface area contributed by atoms with Crippen LogP contribution in [-0.2, 0) is 6.54 Å². The van der Waals surface area contributed by atoms with Gasteiger partial charge in [0.25, 0.3) is 0 Å². The summed E-state index contributed by atoms with van der Waals surface area (Å²) < 4.78 is 5.99.